The molecule has 6 nitrogen and oxygen atoms in total. The van der Waals surface area contributed by atoms with E-state index in [1.54, 1.807) is 31.2 Å². The van der Waals surface area contributed by atoms with Crippen LogP contribution in [0.15, 0.2) is 63.8 Å². The number of carbonyl (C=O) groups excluding carboxylic acids is 1. The Balaban J connectivity index is 1.65. The number of carbonyl (C=O) groups is 1. The van der Waals surface area contributed by atoms with Gasteiger partial charge in [0.1, 0.15) is 18.0 Å². The Morgan fingerprint density at radius 2 is 1.71 bits per heavy atom. The van der Waals surface area contributed by atoms with Gasteiger partial charge in [-0.15, -0.1) is 0 Å². The highest BCUT2D eigenvalue weighted by molar-refractivity contribution is 6.31. The first-order valence-corrected chi connectivity index (χ1v) is 13.7. The monoisotopic (exact) mass is 586 g/mol. The number of fused-ring (bicyclic) bond motifs is 1. The van der Waals surface area contributed by atoms with Crippen molar-refractivity contribution in [2.75, 3.05) is 13.1 Å². The molecule has 0 aliphatic carbocycles. The van der Waals surface area contributed by atoms with Gasteiger partial charge in [0.2, 0.25) is 11.2 Å². The summed E-state index contributed by atoms with van der Waals surface area (Å²) in [7, 11) is 0. The summed E-state index contributed by atoms with van der Waals surface area (Å²) in [5.74, 6) is -3.17. The molecule has 0 bridgehead atoms. The van der Waals surface area contributed by atoms with Gasteiger partial charge in [0, 0.05) is 5.02 Å². The van der Waals surface area contributed by atoms with Crippen LogP contribution in [0.25, 0.3) is 11.0 Å². The predicted molar refractivity (Wildman–Crippen MR) is 148 cm³/mol. The van der Waals surface area contributed by atoms with Crippen LogP contribution >= 0.6 is 11.6 Å². The number of hydrogen-bond donors (Lipinski definition) is 1. The molecule has 1 aliphatic heterocycles. The molecule has 1 saturated heterocycles. The van der Waals surface area contributed by atoms with Gasteiger partial charge in [-0.3, -0.25) is 4.79 Å². The van der Waals surface area contributed by atoms with Crippen molar-refractivity contribution >= 4 is 28.5 Å². The Morgan fingerprint density at radius 3 is 2.37 bits per heavy atom. The minimum atomic E-state index is -5.05. The third kappa shape index (κ3) is 6.26. The Labute approximate surface area is 239 Å². The number of aryl methyl sites for hydroxylation is 2. The third-order valence-electron chi connectivity index (χ3n) is 7.16. The SMILES string of the molecule is Cc1ccc(C(=O)Oc2ccc3c(=O)c(Oc4ccc(Cl)c(C)c4)c(C(F)(F)F)oc3c2C[NH+]2CCCCC2)cc1. The van der Waals surface area contributed by atoms with Gasteiger partial charge in [0.05, 0.1) is 29.6 Å². The van der Waals surface area contributed by atoms with Crippen molar-refractivity contribution in [3.8, 4) is 17.2 Å². The second-order valence-electron chi connectivity index (χ2n) is 10.3. The van der Waals surface area contributed by atoms with Crippen molar-refractivity contribution < 1.29 is 36.8 Å². The van der Waals surface area contributed by atoms with Crippen LogP contribution in [0.5, 0.6) is 17.2 Å². The summed E-state index contributed by atoms with van der Waals surface area (Å²) in [4.78, 5) is 27.6. The third-order valence-corrected chi connectivity index (χ3v) is 7.59. The summed E-state index contributed by atoms with van der Waals surface area (Å²) in [6.07, 6.45) is -2.08. The van der Waals surface area contributed by atoms with Crippen molar-refractivity contribution in [2.24, 2.45) is 0 Å². The average Bonchev–Trinajstić information content (AvgIpc) is 2.93. The van der Waals surface area contributed by atoms with Crippen LogP contribution < -0.4 is 19.8 Å². The fraction of sp³-hybridized carbons (Fsp3) is 0.290. The molecular formula is C31H28ClF3NO5+. The van der Waals surface area contributed by atoms with E-state index in [1.807, 2.05) is 6.92 Å². The Bertz CT molecular complexity index is 1660. The van der Waals surface area contributed by atoms with E-state index in [2.05, 4.69) is 0 Å². The van der Waals surface area contributed by atoms with Crippen LogP contribution in [0.4, 0.5) is 13.2 Å². The number of nitrogens with one attached hydrogen (secondary N) is 1. The van der Waals surface area contributed by atoms with Crippen molar-refractivity contribution in [1.82, 2.24) is 0 Å². The summed E-state index contributed by atoms with van der Waals surface area (Å²) < 4.78 is 59.7. The molecule has 0 spiro atoms. The first kappa shape index (κ1) is 28.7. The highest BCUT2D eigenvalue weighted by Gasteiger charge is 2.41. The van der Waals surface area contributed by atoms with Gasteiger partial charge in [-0.1, -0.05) is 29.3 Å². The Morgan fingerprint density at radius 1 is 1.00 bits per heavy atom. The number of likely N-dealkylation sites (tertiary alicyclic amines) is 1. The normalized spacial score (nSPS) is 14.3. The topological polar surface area (TPSA) is 70.2 Å². The number of rotatable bonds is 6. The van der Waals surface area contributed by atoms with Crippen LogP contribution in [0.1, 0.15) is 52.1 Å². The van der Waals surface area contributed by atoms with E-state index in [1.165, 1.54) is 30.3 Å². The van der Waals surface area contributed by atoms with E-state index in [0.717, 1.165) is 42.8 Å². The number of benzene rings is 3. The van der Waals surface area contributed by atoms with Crippen LogP contribution in [0.2, 0.25) is 5.02 Å². The molecule has 1 aliphatic rings. The van der Waals surface area contributed by atoms with Crippen molar-refractivity contribution in [1.29, 1.82) is 0 Å². The number of hydrogen-bond acceptors (Lipinski definition) is 5. The zero-order valence-electron chi connectivity index (χ0n) is 22.5. The van der Waals surface area contributed by atoms with Crippen LogP contribution in [0, 0.1) is 13.8 Å². The fourth-order valence-electron chi connectivity index (χ4n) is 4.95. The molecule has 1 aromatic heterocycles. The molecule has 3 aromatic carbocycles. The standard InChI is InChI=1S/C31H27ClF3NO5/c1-18-6-8-20(9-7-18)30(38)40-25-13-11-22-26(37)28(39-21-10-12-24(32)19(2)16-21)29(31(33,34)35)41-27(22)23(25)17-36-14-4-3-5-15-36/h6-13,16H,3-5,14-15,17H2,1-2H3/p+1. The lowest BCUT2D eigenvalue weighted by atomic mass is 10.1. The molecule has 41 heavy (non-hydrogen) atoms. The molecule has 4 aromatic rings. The zero-order valence-corrected chi connectivity index (χ0v) is 23.2. The van der Waals surface area contributed by atoms with Crippen LogP contribution in [0.3, 0.4) is 0 Å². The molecule has 2 heterocycles. The number of esters is 1. The molecule has 0 saturated carbocycles. The average molecular weight is 587 g/mol. The second-order valence-corrected chi connectivity index (χ2v) is 10.7. The van der Waals surface area contributed by atoms with Crippen molar-refractivity contribution in [3.63, 3.8) is 0 Å². The lowest BCUT2D eigenvalue weighted by Gasteiger charge is -2.25. The lowest BCUT2D eigenvalue weighted by Crippen LogP contribution is -3.11. The molecule has 1 N–H and O–H groups in total. The van der Waals surface area contributed by atoms with Gasteiger partial charge in [-0.2, -0.15) is 13.2 Å². The van der Waals surface area contributed by atoms with Crippen molar-refractivity contribution in [3.05, 3.63) is 97.9 Å². The summed E-state index contributed by atoms with van der Waals surface area (Å²) in [6, 6.07) is 13.7. The Hall–Kier alpha value is -3.82. The maximum Gasteiger partial charge on any atom is 0.453 e. The first-order chi connectivity index (χ1) is 19.5. The van der Waals surface area contributed by atoms with E-state index in [0.29, 0.717) is 10.6 Å². The largest absolute Gasteiger partial charge is 0.453 e. The Kier molecular flexibility index (Phi) is 8.11. The molecule has 0 radical (unpaired) electrons. The molecule has 0 atom stereocenters. The minimum absolute atomic E-state index is 0.00526. The molecule has 0 unspecified atom stereocenters. The van der Waals surface area contributed by atoms with E-state index in [-0.39, 0.29) is 40.1 Å². The number of piperidine rings is 1. The fourth-order valence-corrected chi connectivity index (χ4v) is 5.06. The van der Waals surface area contributed by atoms with E-state index < -0.39 is 29.1 Å². The molecule has 1 fully saturated rings. The first-order valence-electron chi connectivity index (χ1n) is 13.3. The number of halogens is 4. The van der Waals surface area contributed by atoms with Gasteiger partial charge in [-0.25, -0.2) is 4.79 Å². The second kappa shape index (κ2) is 11.6. The quantitative estimate of drug-likeness (QED) is 0.202. The molecule has 5 rings (SSSR count). The highest BCUT2D eigenvalue weighted by Crippen LogP contribution is 2.40. The molecule has 10 heteroatoms. The summed E-state index contributed by atoms with van der Waals surface area (Å²) in [6.45, 7) is 5.33. The number of quaternary nitrogens is 1. The highest BCUT2D eigenvalue weighted by atomic mass is 35.5. The van der Waals surface area contributed by atoms with Gasteiger partial charge in [-0.05, 0) is 81.1 Å². The predicted octanol–water partition coefficient (Wildman–Crippen LogP) is 6.66. The van der Waals surface area contributed by atoms with Gasteiger partial charge < -0.3 is 18.8 Å². The number of alkyl halides is 3. The number of ether oxygens (including phenoxy) is 2. The molecular weight excluding hydrogens is 559 g/mol. The van der Waals surface area contributed by atoms with E-state index in [9.17, 15) is 22.8 Å². The maximum atomic E-state index is 14.3. The smallest absolute Gasteiger partial charge is 0.449 e. The minimum Gasteiger partial charge on any atom is -0.449 e. The van der Waals surface area contributed by atoms with E-state index in [4.69, 9.17) is 25.5 Å². The van der Waals surface area contributed by atoms with E-state index >= 15 is 0 Å². The molecule has 0 amide bonds. The zero-order chi connectivity index (χ0) is 29.3. The summed E-state index contributed by atoms with van der Waals surface area (Å²) >= 11 is 6.04. The van der Waals surface area contributed by atoms with Crippen LogP contribution in [-0.4, -0.2) is 19.1 Å². The molecule has 214 valence electrons. The van der Waals surface area contributed by atoms with Gasteiger partial charge in [0.15, 0.2) is 5.58 Å². The van der Waals surface area contributed by atoms with Gasteiger partial charge >= 0.3 is 12.1 Å². The van der Waals surface area contributed by atoms with Crippen LogP contribution in [-0.2, 0) is 12.7 Å². The summed E-state index contributed by atoms with van der Waals surface area (Å²) in [5, 5.41) is 0.289. The van der Waals surface area contributed by atoms with Gasteiger partial charge in [0.25, 0.3) is 5.76 Å². The van der Waals surface area contributed by atoms with Crippen molar-refractivity contribution in [2.45, 2.75) is 45.8 Å². The lowest BCUT2D eigenvalue weighted by molar-refractivity contribution is -0.918. The summed E-state index contributed by atoms with van der Waals surface area (Å²) in [5.41, 5.74) is 0.749. The maximum absolute atomic E-state index is 14.3.